The van der Waals surface area contributed by atoms with Crippen molar-refractivity contribution in [2.45, 2.75) is 257 Å². The molecule has 0 rings (SSSR count). The molecule has 0 saturated heterocycles. The molecule has 0 aliphatic rings. The van der Waals surface area contributed by atoms with Gasteiger partial charge in [-0.3, -0.25) is 9.59 Å². The Morgan fingerprint density at radius 2 is 0.781 bits per heavy atom. The van der Waals surface area contributed by atoms with Gasteiger partial charge in [0, 0.05) is 12.8 Å². The summed E-state index contributed by atoms with van der Waals surface area (Å²) in [6, 6.07) is 0. The molecule has 0 aliphatic carbocycles. The first-order valence-corrected chi connectivity index (χ1v) is 29.7. The molecule has 0 amide bonds. The Labute approximate surface area is 449 Å². The van der Waals surface area contributed by atoms with Crippen LogP contribution in [0.25, 0.3) is 0 Å². The lowest BCUT2D eigenvalue weighted by atomic mass is 10.0. The van der Waals surface area contributed by atoms with Crippen molar-refractivity contribution >= 4 is 17.9 Å². The van der Waals surface area contributed by atoms with E-state index in [0.29, 0.717) is 17.4 Å². The molecule has 0 bridgehead atoms. The van der Waals surface area contributed by atoms with Gasteiger partial charge < -0.3 is 33.3 Å². The summed E-state index contributed by atoms with van der Waals surface area (Å²) in [6.07, 6.45) is 69.4. The van der Waals surface area contributed by atoms with Crippen molar-refractivity contribution in [3.63, 3.8) is 0 Å². The van der Waals surface area contributed by atoms with Crippen LogP contribution in [0.4, 0.5) is 0 Å². The molecule has 9 nitrogen and oxygen atoms in total. The van der Waals surface area contributed by atoms with Crippen LogP contribution >= 0.6 is 0 Å². The summed E-state index contributed by atoms with van der Waals surface area (Å²) in [5.41, 5.74) is 0. The number of aliphatic carboxylic acids is 1. The fraction of sp³-hybridized carbons (Fsp3) is 0.734. The fourth-order valence-electron chi connectivity index (χ4n) is 8.07. The number of carboxylic acids is 1. The predicted octanol–water partition coefficient (Wildman–Crippen LogP) is 16.2. The number of hydrogen-bond donors (Lipinski definition) is 0. The van der Waals surface area contributed by atoms with Gasteiger partial charge in [-0.15, -0.1) is 0 Å². The van der Waals surface area contributed by atoms with Gasteiger partial charge in [-0.25, -0.2) is 0 Å². The highest BCUT2D eigenvalue weighted by molar-refractivity contribution is 5.70. The fourth-order valence-corrected chi connectivity index (χ4v) is 8.07. The second kappa shape index (κ2) is 54.7. The summed E-state index contributed by atoms with van der Waals surface area (Å²) in [4.78, 5) is 37.2. The van der Waals surface area contributed by atoms with Crippen LogP contribution in [0.5, 0.6) is 0 Å². The Morgan fingerprint density at radius 3 is 1.16 bits per heavy atom. The van der Waals surface area contributed by atoms with Crippen molar-refractivity contribution in [1.82, 2.24) is 0 Å². The molecule has 0 fully saturated rings. The van der Waals surface area contributed by atoms with Crippen molar-refractivity contribution < 1.29 is 42.9 Å². The summed E-state index contributed by atoms with van der Waals surface area (Å²) < 4.78 is 22.6. The Morgan fingerprint density at radius 1 is 0.425 bits per heavy atom. The van der Waals surface area contributed by atoms with E-state index in [9.17, 15) is 19.5 Å². The molecule has 0 heterocycles. The summed E-state index contributed by atoms with van der Waals surface area (Å²) >= 11 is 0. The Kier molecular flexibility index (Phi) is 52.1. The van der Waals surface area contributed by atoms with Gasteiger partial charge in [-0.1, -0.05) is 234 Å². The molecule has 2 atom stereocenters. The third kappa shape index (κ3) is 56.0. The standard InChI is InChI=1S/C64H111NO8/c1-6-8-10-12-14-16-18-20-21-22-23-24-25-26-27-28-29-30-31-32-33-34-35-36-37-38-39-40-41-43-45-47-49-51-53-55-62(67)73-60(59-72-64(63(68)69)70-57-56-65(3,4)5)58-71-61(66)54-52-50-48-46-44-42-19-17-15-13-11-9-7-2/h8,10-11,13-14,16-17,19-21,23-24,26-27,60,64H,6-7,9,12,15,18,22,25,28-59H2,1-5H3/b10-8-,13-11-,16-14-,19-17-,21-20-,24-23-,27-26-. The highest BCUT2D eigenvalue weighted by Gasteiger charge is 2.22. The first-order valence-electron chi connectivity index (χ1n) is 29.7. The average Bonchev–Trinajstić information content (AvgIpc) is 3.36. The maximum absolute atomic E-state index is 12.9. The van der Waals surface area contributed by atoms with E-state index in [0.717, 1.165) is 96.3 Å². The van der Waals surface area contributed by atoms with Crippen LogP contribution in [0.2, 0.25) is 0 Å². The Balaban J connectivity index is 4.06. The zero-order valence-electron chi connectivity index (χ0n) is 47.7. The molecule has 2 unspecified atom stereocenters. The number of carboxylic acid groups (broad SMARTS) is 1. The van der Waals surface area contributed by atoms with Gasteiger partial charge in [-0.05, 0) is 83.5 Å². The van der Waals surface area contributed by atoms with E-state index in [2.05, 4.69) is 98.9 Å². The molecule has 9 heteroatoms. The average molecular weight is 1020 g/mol. The van der Waals surface area contributed by atoms with Gasteiger partial charge >= 0.3 is 11.9 Å². The third-order valence-corrected chi connectivity index (χ3v) is 12.6. The van der Waals surface area contributed by atoms with Gasteiger partial charge in [0.05, 0.1) is 40.3 Å². The van der Waals surface area contributed by atoms with Crippen LogP contribution in [-0.2, 0) is 33.3 Å². The van der Waals surface area contributed by atoms with Crippen molar-refractivity contribution in [2.75, 3.05) is 47.5 Å². The minimum atomic E-state index is -1.63. The second-order valence-corrected chi connectivity index (χ2v) is 20.9. The van der Waals surface area contributed by atoms with Crippen LogP contribution < -0.4 is 5.11 Å². The van der Waals surface area contributed by atoms with Crippen LogP contribution in [-0.4, -0.2) is 82.3 Å². The first kappa shape index (κ1) is 69.5. The molecule has 0 saturated carbocycles. The first-order chi connectivity index (χ1) is 35.6. The molecule has 0 spiro atoms. The van der Waals surface area contributed by atoms with E-state index in [4.69, 9.17) is 18.9 Å². The van der Waals surface area contributed by atoms with Gasteiger partial charge in [0.15, 0.2) is 12.4 Å². The zero-order valence-corrected chi connectivity index (χ0v) is 47.7. The number of hydrogen-bond acceptors (Lipinski definition) is 8. The lowest BCUT2D eigenvalue weighted by Gasteiger charge is -2.26. The molecule has 0 aromatic rings. The highest BCUT2D eigenvalue weighted by atomic mass is 16.7. The SMILES string of the molecule is CC/C=C\C/C=C\C/C=C\C/C=C\C/C=C\CCCCCCCCCCCCCCCCCCCCCC(=O)OC(COC(=O)CCCCCCC/C=C\C/C=C\CCC)COC(OCC[N+](C)(C)C)C(=O)[O-]. The minimum absolute atomic E-state index is 0.144. The number of likely N-dealkylation sites (N-methyl/N-ethyl adjacent to an activating group) is 1. The second-order valence-electron chi connectivity index (χ2n) is 20.9. The molecule has 0 radical (unpaired) electrons. The monoisotopic (exact) mass is 1020 g/mol. The Bertz CT molecular complexity index is 1470. The van der Waals surface area contributed by atoms with Crippen molar-refractivity contribution in [2.24, 2.45) is 0 Å². The van der Waals surface area contributed by atoms with E-state index in [1.165, 1.54) is 116 Å². The van der Waals surface area contributed by atoms with Gasteiger partial charge in [0.2, 0.25) is 0 Å². The minimum Gasteiger partial charge on any atom is -0.545 e. The highest BCUT2D eigenvalue weighted by Crippen LogP contribution is 2.16. The number of esters is 2. The summed E-state index contributed by atoms with van der Waals surface area (Å²) in [5, 5.41) is 11.8. The predicted molar refractivity (Wildman–Crippen MR) is 306 cm³/mol. The van der Waals surface area contributed by atoms with Crippen molar-refractivity contribution in [3.8, 4) is 0 Å². The molecule has 0 aliphatic heterocycles. The molecular formula is C64H111NO8. The summed E-state index contributed by atoms with van der Waals surface area (Å²) in [7, 11) is 5.91. The quantitative estimate of drug-likeness (QED) is 0.0195. The number of carbonyl (C=O) groups excluding carboxylic acids is 3. The molecule has 0 N–H and O–H groups in total. The Hall–Kier alpha value is -3.53. The van der Waals surface area contributed by atoms with Crippen molar-refractivity contribution in [3.05, 3.63) is 85.1 Å². The maximum atomic E-state index is 12.9. The zero-order chi connectivity index (χ0) is 53.4. The molecule has 420 valence electrons. The van der Waals surface area contributed by atoms with Gasteiger partial charge in [-0.2, -0.15) is 0 Å². The van der Waals surface area contributed by atoms with Crippen LogP contribution in [0.1, 0.15) is 245 Å². The van der Waals surface area contributed by atoms with Crippen molar-refractivity contribution in [1.29, 1.82) is 0 Å². The number of ether oxygens (including phenoxy) is 4. The topological polar surface area (TPSA) is 111 Å². The largest absolute Gasteiger partial charge is 0.545 e. The lowest BCUT2D eigenvalue weighted by molar-refractivity contribution is -0.870. The van der Waals surface area contributed by atoms with Gasteiger partial charge in [0.25, 0.3) is 0 Å². The van der Waals surface area contributed by atoms with E-state index >= 15 is 0 Å². The normalized spacial score (nSPS) is 13.4. The number of rotatable bonds is 54. The number of quaternary nitrogens is 1. The van der Waals surface area contributed by atoms with E-state index in [-0.39, 0.29) is 38.6 Å². The molecule has 0 aromatic carbocycles. The van der Waals surface area contributed by atoms with Crippen LogP contribution in [0.3, 0.4) is 0 Å². The lowest BCUT2D eigenvalue weighted by Crippen LogP contribution is -2.44. The van der Waals surface area contributed by atoms with Gasteiger partial charge in [0.1, 0.15) is 13.2 Å². The van der Waals surface area contributed by atoms with Crippen LogP contribution in [0, 0.1) is 0 Å². The molecule has 0 aromatic heterocycles. The number of unbranched alkanes of at least 4 members (excludes halogenated alkanes) is 25. The molecular weight excluding hydrogens is 911 g/mol. The summed E-state index contributed by atoms with van der Waals surface area (Å²) in [5.74, 6) is -2.30. The number of nitrogens with zero attached hydrogens (tertiary/aromatic N) is 1. The maximum Gasteiger partial charge on any atom is 0.306 e. The van der Waals surface area contributed by atoms with E-state index in [1.807, 2.05) is 21.1 Å². The smallest absolute Gasteiger partial charge is 0.306 e. The molecule has 73 heavy (non-hydrogen) atoms. The summed E-state index contributed by atoms with van der Waals surface area (Å²) in [6.45, 7) is 4.56. The van der Waals surface area contributed by atoms with E-state index in [1.54, 1.807) is 0 Å². The van der Waals surface area contributed by atoms with Crippen LogP contribution in [0.15, 0.2) is 85.1 Å². The van der Waals surface area contributed by atoms with E-state index < -0.39 is 24.3 Å². The number of carbonyl (C=O) groups is 3. The third-order valence-electron chi connectivity index (χ3n) is 12.6. The number of allylic oxidation sites excluding steroid dienone is 14.